The zero-order valence-corrected chi connectivity index (χ0v) is 16.9. The van der Waals surface area contributed by atoms with Gasteiger partial charge in [-0.1, -0.05) is 54.6 Å². The molecule has 0 aliphatic heterocycles. The number of carbonyl (C=O) groups is 1. The Morgan fingerprint density at radius 3 is 2.07 bits per heavy atom. The lowest BCUT2D eigenvalue weighted by molar-refractivity contribution is 0.0943. The summed E-state index contributed by atoms with van der Waals surface area (Å²) in [6.45, 7) is 0. The van der Waals surface area contributed by atoms with E-state index in [1.54, 1.807) is 0 Å². The monoisotopic (exact) mass is 401 g/mol. The van der Waals surface area contributed by atoms with Crippen molar-refractivity contribution in [2.75, 3.05) is 5.32 Å². The van der Waals surface area contributed by atoms with Gasteiger partial charge in [0.25, 0.3) is 5.91 Å². The van der Waals surface area contributed by atoms with Crippen LogP contribution in [0.3, 0.4) is 0 Å². The third kappa shape index (κ3) is 5.00. The van der Waals surface area contributed by atoms with Crippen molar-refractivity contribution in [3.05, 3.63) is 101 Å². The van der Waals surface area contributed by atoms with Crippen LogP contribution in [0, 0.1) is 0 Å². The molecule has 3 N–H and O–H groups in total. The van der Waals surface area contributed by atoms with Gasteiger partial charge in [-0.2, -0.15) is 0 Å². The number of para-hydroxylation sites is 1. The summed E-state index contributed by atoms with van der Waals surface area (Å²) in [4.78, 5) is 12.9. The van der Waals surface area contributed by atoms with E-state index >= 15 is 0 Å². The standard InChI is InChI=1S/C24H23N3OS/c28-23(26-27-24(29)25-21-4-2-1-3-5-21)22-16-19-11-10-17-6-8-18(9-7-17)12-14-20(22)15-13-19/h1-9,13,15-16H,10-12,14H2,(H,26,28)(H2,25,27,29). The van der Waals surface area contributed by atoms with Gasteiger partial charge in [0.2, 0.25) is 0 Å². The summed E-state index contributed by atoms with van der Waals surface area (Å²) in [6, 6.07) is 24.6. The molecule has 0 saturated carbocycles. The summed E-state index contributed by atoms with van der Waals surface area (Å²) >= 11 is 5.28. The third-order valence-corrected chi connectivity index (χ3v) is 5.35. The summed E-state index contributed by atoms with van der Waals surface area (Å²) in [5.74, 6) is -0.176. The molecule has 146 valence electrons. The second-order valence-electron chi connectivity index (χ2n) is 7.21. The zero-order valence-electron chi connectivity index (χ0n) is 16.1. The van der Waals surface area contributed by atoms with Crippen molar-refractivity contribution in [3.8, 4) is 0 Å². The molecule has 1 amide bonds. The molecule has 7 rings (SSSR count). The minimum Gasteiger partial charge on any atom is -0.331 e. The second-order valence-corrected chi connectivity index (χ2v) is 7.62. The largest absolute Gasteiger partial charge is 0.331 e. The van der Waals surface area contributed by atoms with E-state index in [1.165, 1.54) is 11.1 Å². The number of anilines is 1. The van der Waals surface area contributed by atoms with E-state index in [4.69, 9.17) is 12.2 Å². The average Bonchev–Trinajstić information content (AvgIpc) is 2.74. The molecule has 4 bridgehead atoms. The van der Waals surface area contributed by atoms with Gasteiger partial charge < -0.3 is 5.32 Å². The van der Waals surface area contributed by atoms with Gasteiger partial charge in [0.1, 0.15) is 0 Å². The van der Waals surface area contributed by atoms with Gasteiger partial charge in [0, 0.05) is 11.3 Å². The first-order valence-corrected chi connectivity index (χ1v) is 10.2. The predicted molar refractivity (Wildman–Crippen MR) is 121 cm³/mol. The first kappa shape index (κ1) is 19.2. The van der Waals surface area contributed by atoms with Crippen LogP contribution in [0.1, 0.15) is 32.6 Å². The minimum absolute atomic E-state index is 0.176. The molecule has 0 heterocycles. The van der Waals surface area contributed by atoms with Gasteiger partial charge in [-0.3, -0.25) is 15.6 Å². The fourth-order valence-corrected chi connectivity index (χ4v) is 3.68. The lowest BCUT2D eigenvalue weighted by atomic mass is 9.93. The normalized spacial score (nSPS) is 12.6. The van der Waals surface area contributed by atoms with Crippen LogP contribution in [0.2, 0.25) is 0 Å². The van der Waals surface area contributed by atoms with Gasteiger partial charge in [0.05, 0.1) is 0 Å². The molecule has 29 heavy (non-hydrogen) atoms. The Morgan fingerprint density at radius 2 is 1.34 bits per heavy atom. The van der Waals surface area contributed by atoms with Crippen LogP contribution >= 0.6 is 12.2 Å². The molecule has 0 saturated heterocycles. The first-order chi connectivity index (χ1) is 14.2. The summed E-state index contributed by atoms with van der Waals surface area (Å²) in [6.07, 6.45) is 3.59. The van der Waals surface area contributed by atoms with E-state index in [-0.39, 0.29) is 5.91 Å². The fourth-order valence-electron chi connectivity index (χ4n) is 3.51. The maximum absolute atomic E-state index is 12.9. The topological polar surface area (TPSA) is 53.2 Å². The summed E-state index contributed by atoms with van der Waals surface area (Å²) in [5.41, 5.74) is 11.9. The zero-order chi connectivity index (χ0) is 20.1. The number of thiocarbonyl (C=S) groups is 1. The summed E-state index contributed by atoms with van der Waals surface area (Å²) < 4.78 is 0. The Hall–Kier alpha value is -3.18. The Labute approximate surface area is 176 Å². The summed E-state index contributed by atoms with van der Waals surface area (Å²) in [5, 5.41) is 3.39. The molecular weight excluding hydrogens is 378 g/mol. The van der Waals surface area contributed by atoms with Crippen LogP contribution in [-0.2, 0) is 25.7 Å². The molecule has 0 fully saturated rings. The van der Waals surface area contributed by atoms with E-state index in [0.29, 0.717) is 10.7 Å². The smallest absolute Gasteiger partial charge is 0.269 e. The van der Waals surface area contributed by atoms with Crippen molar-refractivity contribution in [1.82, 2.24) is 10.9 Å². The highest BCUT2D eigenvalue weighted by Gasteiger charge is 2.14. The Kier molecular flexibility index (Phi) is 5.86. The van der Waals surface area contributed by atoms with Crippen molar-refractivity contribution < 1.29 is 4.79 Å². The number of benzene rings is 3. The van der Waals surface area contributed by atoms with Crippen molar-refractivity contribution in [2.45, 2.75) is 25.7 Å². The van der Waals surface area contributed by atoms with Crippen LogP contribution in [0.15, 0.2) is 72.8 Å². The van der Waals surface area contributed by atoms with Crippen molar-refractivity contribution >= 4 is 28.9 Å². The predicted octanol–water partition coefficient (Wildman–Crippen LogP) is 4.20. The first-order valence-electron chi connectivity index (χ1n) is 9.79. The molecule has 4 aliphatic carbocycles. The van der Waals surface area contributed by atoms with Gasteiger partial charge in [0.15, 0.2) is 5.11 Å². The Morgan fingerprint density at radius 1 is 0.724 bits per heavy atom. The molecule has 0 unspecified atom stereocenters. The lowest BCUT2D eigenvalue weighted by Crippen LogP contribution is -2.44. The number of carbonyl (C=O) groups excluding carboxylic acids is 1. The molecule has 4 nitrogen and oxygen atoms in total. The maximum atomic E-state index is 12.9. The van der Waals surface area contributed by atoms with E-state index in [0.717, 1.165) is 42.5 Å². The van der Waals surface area contributed by atoms with Crippen LogP contribution in [-0.4, -0.2) is 11.0 Å². The number of rotatable bonds is 2. The quantitative estimate of drug-likeness (QED) is 0.445. The van der Waals surface area contributed by atoms with E-state index in [9.17, 15) is 4.79 Å². The molecule has 0 radical (unpaired) electrons. The molecule has 0 aromatic heterocycles. The second kappa shape index (κ2) is 8.88. The molecule has 0 spiro atoms. The number of hydrazine groups is 1. The maximum Gasteiger partial charge on any atom is 0.269 e. The number of amides is 1. The highest BCUT2D eigenvalue weighted by molar-refractivity contribution is 7.80. The highest BCUT2D eigenvalue weighted by Crippen LogP contribution is 2.19. The Bertz CT molecular complexity index is 1020. The van der Waals surface area contributed by atoms with Gasteiger partial charge >= 0.3 is 0 Å². The average molecular weight is 402 g/mol. The van der Waals surface area contributed by atoms with Crippen LogP contribution in [0.4, 0.5) is 5.69 Å². The van der Waals surface area contributed by atoms with Crippen molar-refractivity contribution in [1.29, 1.82) is 0 Å². The van der Waals surface area contributed by atoms with Crippen molar-refractivity contribution in [2.24, 2.45) is 0 Å². The number of hydrogen-bond donors (Lipinski definition) is 3. The molecule has 3 aromatic rings. The van der Waals surface area contributed by atoms with E-state index in [2.05, 4.69) is 52.6 Å². The van der Waals surface area contributed by atoms with Gasteiger partial charge in [-0.15, -0.1) is 0 Å². The highest BCUT2D eigenvalue weighted by atomic mass is 32.1. The Balaban J connectivity index is 1.46. The van der Waals surface area contributed by atoms with Gasteiger partial charge in [-0.05, 0) is 78.4 Å². The third-order valence-electron chi connectivity index (χ3n) is 5.15. The number of hydrogen-bond acceptors (Lipinski definition) is 2. The lowest BCUT2D eigenvalue weighted by Gasteiger charge is -2.16. The SMILES string of the molecule is O=C(NNC(=S)Nc1ccccc1)c1cc2ccc1CCc1ccc(cc1)CC2. The molecule has 5 heteroatoms. The number of nitrogens with one attached hydrogen (secondary N) is 3. The fraction of sp³-hybridized carbons (Fsp3) is 0.167. The summed E-state index contributed by atoms with van der Waals surface area (Å²) in [7, 11) is 0. The molecule has 4 aliphatic rings. The van der Waals surface area contributed by atoms with Crippen LogP contribution in [0.25, 0.3) is 0 Å². The van der Waals surface area contributed by atoms with Crippen LogP contribution in [0.5, 0.6) is 0 Å². The molecule has 3 aromatic carbocycles. The number of aryl methyl sites for hydroxylation is 4. The van der Waals surface area contributed by atoms with E-state index < -0.39 is 0 Å². The van der Waals surface area contributed by atoms with Gasteiger partial charge in [-0.25, -0.2) is 0 Å². The minimum atomic E-state index is -0.176. The molecular formula is C24H23N3OS. The van der Waals surface area contributed by atoms with Crippen molar-refractivity contribution in [3.63, 3.8) is 0 Å². The van der Waals surface area contributed by atoms with Crippen LogP contribution < -0.4 is 16.2 Å². The van der Waals surface area contributed by atoms with E-state index in [1.807, 2.05) is 36.4 Å². The molecule has 0 atom stereocenters.